The van der Waals surface area contributed by atoms with Gasteiger partial charge in [-0.15, -0.1) is 0 Å². The van der Waals surface area contributed by atoms with Crippen LogP contribution in [0, 0.1) is 0 Å². The van der Waals surface area contributed by atoms with E-state index in [1.54, 1.807) is 24.3 Å². The van der Waals surface area contributed by atoms with Crippen LogP contribution in [0.25, 0.3) is 0 Å². The van der Waals surface area contributed by atoms with Crippen molar-refractivity contribution in [2.45, 2.75) is 19.3 Å². The lowest BCUT2D eigenvalue weighted by atomic mass is 10.0. The quantitative estimate of drug-likeness (QED) is 0.795. The third-order valence-corrected chi connectivity index (χ3v) is 4.45. The molecule has 126 valence electrons. The van der Waals surface area contributed by atoms with Gasteiger partial charge in [0.15, 0.2) is 0 Å². The molecular weight excluding hydrogens is 322 g/mol. The molecule has 2 N–H and O–H groups in total. The number of aryl methyl sites for hydroxylation is 1. The lowest BCUT2D eigenvalue weighted by Gasteiger charge is -2.31. The SMILES string of the molecule is O=C(NCCCN1CCCc2ccccc21)Nc1ccc(Cl)cc1. The Kier molecular flexibility index (Phi) is 5.59. The number of anilines is 2. The Morgan fingerprint density at radius 2 is 1.92 bits per heavy atom. The lowest BCUT2D eigenvalue weighted by Crippen LogP contribution is -2.34. The topological polar surface area (TPSA) is 44.4 Å². The molecule has 24 heavy (non-hydrogen) atoms. The predicted octanol–water partition coefficient (Wildman–Crippen LogP) is 4.30. The molecule has 0 bridgehead atoms. The maximum Gasteiger partial charge on any atom is 0.319 e. The molecule has 0 aromatic heterocycles. The molecule has 0 aliphatic carbocycles. The van der Waals surface area contributed by atoms with Crippen molar-refractivity contribution in [1.29, 1.82) is 0 Å². The normalized spacial score (nSPS) is 13.3. The smallest absolute Gasteiger partial charge is 0.319 e. The third kappa shape index (κ3) is 4.42. The molecule has 0 saturated heterocycles. The third-order valence-electron chi connectivity index (χ3n) is 4.20. The van der Waals surface area contributed by atoms with Gasteiger partial charge in [0.1, 0.15) is 0 Å². The second-order valence-electron chi connectivity index (χ2n) is 5.96. The monoisotopic (exact) mass is 343 g/mol. The van der Waals surface area contributed by atoms with Crippen molar-refractivity contribution in [3.05, 3.63) is 59.1 Å². The molecule has 0 radical (unpaired) electrons. The average molecular weight is 344 g/mol. The molecule has 1 heterocycles. The molecule has 1 aliphatic heterocycles. The van der Waals surface area contributed by atoms with E-state index in [4.69, 9.17) is 11.6 Å². The number of hydrogen-bond donors (Lipinski definition) is 2. The Balaban J connectivity index is 1.41. The summed E-state index contributed by atoms with van der Waals surface area (Å²) in [6.45, 7) is 2.70. The van der Waals surface area contributed by atoms with Gasteiger partial charge in [-0.25, -0.2) is 4.79 Å². The molecule has 2 aromatic rings. The van der Waals surface area contributed by atoms with Crippen LogP contribution in [0.15, 0.2) is 48.5 Å². The second kappa shape index (κ2) is 8.06. The molecule has 2 amide bonds. The van der Waals surface area contributed by atoms with Gasteiger partial charge in [0, 0.05) is 36.0 Å². The Bertz CT molecular complexity index is 687. The van der Waals surface area contributed by atoms with E-state index in [2.05, 4.69) is 39.8 Å². The first-order valence-electron chi connectivity index (χ1n) is 8.35. The minimum atomic E-state index is -0.184. The highest BCUT2D eigenvalue weighted by Crippen LogP contribution is 2.26. The highest BCUT2D eigenvalue weighted by Gasteiger charge is 2.15. The number of urea groups is 1. The highest BCUT2D eigenvalue weighted by molar-refractivity contribution is 6.30. The second-order valence-corrected chi connectivity index (χ2v) is 6.40. The molecule has 0 saturated carbocycles. The van der Waals surface area contributed by atoms with Crippen LogP contribution in [0.1, 0.15) is 18.4 Å². The van der Waals surface area contributed by atoms with Crippen LogP contribution in [0.4, 0.5) is 16.2 Å². The number of nitrogens with zero attached hydrogens (tertiary/aromatic N) is 1. The first-order valence-corrected chi connectivity index (χ1v) is 8.73. The minimum absolute atomic E-state index is 0.184. The van der Waals surface area contributed by atoms with E-state index < -0.39 is 0 Å². The molecule has 0 unspecified atom stereocenters. The fourth-order valence-electron chi connectivity index (χ4n) is 3.02. The van der Waals surface area contributed by atoms with Crippen LogP contribution in [0.2, 0.25) is 5.02 Å². The number of amides is 2. The molecule has 1 aliphatic rings. The van der Waals surface area contributed by atoms with E-state index in [-0.39, 0.29) is 6.03 Å². The fraction of sp³-hybridized carbons (Fsp3) is 0.316. The Hall–Kier alpha value is -2.20. The number of carbonyl (C=O) groups is 1. The van der Waals surface area contributed by atoms with Crippen molar-refractivity contribution in [2.75, 3.05) is 29.9 Å². The summed E-state index contributed by atoms with van der Waals surface area (Å²) in [5.41, 5.74) is 3.51. The summed E-state index contributed by atoms with van der Waals surface area (Å²) < 4.78 is 0. The molecule has 5 heteroatoms. The summed E-state index contributed by atoms with van der Waals surface area (Å²) in [5, 5.41) is 6.36. The van der Waals surface area contributed by atoms with Gasteiger partial charge in [0.25, 0.3) is 0 Å². The van der Waals surface area contributed by atoms with Crippen molar-refractivity contribution < 1.29 is 4.79 Å². The van der Waals surface area contributed by atoms with Crippen LogP contribution in [-0.4, -0.2) is 25.7 Å². The summed E-state index contributed by atoms with van der Waals surface area (Å²) >= 11 is 5.83. The number of halogens is 1. The number of nitrogens with one attached hydrogen (secondary N) is 2. The van der Waals surface area contributed by atoms with E-state index in [1.807, 2.05) is 0 Å². The van der Waals surface area contributed by atoms with Gasteiger partial charge in [-0.3, -0.25) is 0 Å². The largest absolute Gasteiger partial charge is 0.371 e. The predicted molar refractivity (Wildman–Crippen MR) is 100 cm³/mol. The molecule has 0 fully saturated rings. The standard InChI is InChI=1S/C19H22ClN3O/c20-16-8-10-17(11-9-16)22-19(24)21-12-4-14-23-13-3-6-15-5-1-2-7-18(15)23/h1-2,5,7-11H,3-4,6,12-14H2,(H2,21,22,24). The fourth-order valence-corrected chi connectivity index (χ4v) is 3.15. The number of hydrogen-bond acceptors (Lipinski definition) is 2. The first-order chi connectivity index (χ1) is 11.7. The van der Waals surface area contributed by atoms with Crippen molar-refractivity contribution in [2.24, 2.45) is 0 Å². The van der Waals surface area contributed by atoms with Gasteiger partial charge in [0.2, 0.25) is 0 Å². The van der Waals surface area contributed by atoms with Crippen molar-refractivity contribution >= 4 is 29.0 Å². The number of para-hydroxylation sites is 1. The number of benzene rings is 2. The maximum atomic E-state index is 11.9. The number of fused-ring (bicyclic) bond motifs is 1. The van der Waals surface area contributed by atoms with E-state index in [9.17, 15) is 4.79 Å². The molecule has 0 spiro atoms. The summed E-state index contributed by atoms with van der Waals surface area (Å²) in [5.74, 6) is 0. The summed E-state index contributed by atoms with van der Waals surface area (Å²) in [6.07, 6.45) is 3.28. The first kappa shape index (κ1) is 16.7. The molecule has 3 rings (SSSR count). The van der Waals surface area contributed by atoms with Crippen LogP contribution in [0.5, 0.6) is 0 Å². The zero-order valence-electron chi connectivity index (χ0n) is 13.6. The summed E-state index contributed by atoms with van der Waals surface area (Å²) in [6, 6.07) is 15.5. The highest BCUT2D eigenvalue weighted by atomic mass is 35.5. The molecular formula is C19H22ClN3O. The van der Waals surface area contributed by atoms with Crippen molar-refractivity contribution in [1.82, 2.24) is 5.32 Å². The lowest BCUT2D eigenvalue weighted by molar-refractivity contribution is 0.252. The zero-order chi connectivity index (χ0) is 16.8. The Morgan fingerprint density at radius 1 is 1.12 bits per heavy atom. The molecule has 2 aromatic carbocycles. The van der Waals surface area contributed by atoms with E-state index >= 15 is 0 Å². The van der Waals surface area contributed by atoms with Crippen LogP contribution < -0.4 is 15.5 Å². The molecule has 0 atom stereocenters. The Labute approximate surface area is 147 Å². The van der Waals surface area contributed by atoms with Crippen LogP contribution >= 0.6 is 11.6 Å². The van der Waals surface area contributed by atoms with E-state index in [0.717, 1.165) is 31.6 Å². The van der Waals surface area contributed by atoms with Crippen LogP contribution in [0.3, 0.4) is 0 Å². The maximum absolute atomic E-state index is 11.9. The van der Waals surface area contributed by atoms with Gasteiger partial charge < -0.3 is 15.5 Å². The van der Waals surface area contributed by atoms with Gasteiger partial charge in [-0.1, -0.05) is 29.8 Å². The van der Waals surface area contributed by atoms with Gasteiger partial charge in [-0.05, 0) is 55.2 Å². The van der Waals surface area contributed by atoms with Crippen LogP contribution in [-0.2, 0) is 6.42 Å². The minimum Gasteiger partial charge on any atom is -0.371 e. The summed E-state index contributed by atoms with van der Waals surface area (Å²) in [4.78, 5) is 14.3. The number of rotatable bonds is 5. The zero-order valence-corrected chi connectivity index (χ0v) is 14.4. The van der Waals surface area contributed by atoms with Crippen molar-refractivity contribution in [3.8, 4) is 0 Å². The van der Waals surface area contributed by atoms with Gasteiger partial charge in [0.05, 0.1) is 0 Å². The van der Waals surface area contributed by atoms with Crippen molar-refractivity contribution in [3.63, 3.8) is 0 Å². The van der Waals surface area contributed by atoms with E-state index in [0.29, 0.717) is 11.6 Å². The van der Waals surface area contributed by atoms with Gasteiger partial charge >= 0.3 is 6.03 Å². The average Bonchev–Trinajstić information content (AvgIpc) is 2.61. The molecule has 4 nitrogen and oxygen atoms in total. The Morgan fingerprint density at radius 3 is 2.75 bits per heavy atom. The van der Waals surface area contributed by atoms with Gasteiger partial charge in [-0.2, -0.15) is 0 Å². The van der Waals surface area contributed by atoms with E-state index in [1.165, 1.54) is 17.7 Å². The summed E-state index contributed by atoms with van der Waals surface area (Å²) in [7, 11) is 0. The number of carbonyl (C=O) groups excluding carboxylic acids is 1.